The molecule has 2 aromatic heterocycles. The first kappa shape index (κ1) is 21.9. The smallest absolute Gasteiger partial charge is 0.222 e. The molecule has 0 unspecified atom stereocenters. The summed E-state index contributed by atoms with van der Waals surface area (Å²) in [5.41, 5.74) is 6.25. The zero-order valence-corrected chi connectivity index (χ0v) is 17.6. The summed E-state index contributed by atoms with van der Waals surface area (Å²) in [5, 5.41) is 7.54. The van der Waals surface area contributed by atoms with Gasteiger partial charge in [-0.2, -0.15) is 4.98 Å². The van der Waals surface area contributed by atoms with E-state index < -0.39 is 0 Å². The monoisotopic (exact) mass is 386 g/mol. The minimum Gasteiger partial charge on any atom is -0.368 e. The fraction of sp³-hybridized carbons (Fsp3) is 0.619. The number of amides is 1. The third-order valence-corrected chi connectivity index (χ3v) is 5.11. The van der Waals surface area contributed by atoms with Crippen molar-refractivity contribution in [3.8, 4) is 0 Å². The number of nitrogens with two attached hydrogens (primary N) is 1. The van der Waals surface area contributed by atoms with Crippen LogP contribution in [-0.4, -0.2) is 32.9 Å². The van der Waals surface area contributed by atoms with Gasteiger partial charge < -0.3 is 16.4 Å². The van der Waals surface area contributed by atoms with Gasteiger partial charge in [0.05, 0.1) is 17.3 Å². The SMILES string of the molecule is CCCC[C@H](C)C(=O)NC[C@](C)(CCCC)Nc1nc(N)nc2cnccc12. The summed E-state index contributed by atoms with van der Waals surface area (Å²) in [6.07, 6.45) is 9.52. The Hall–Kier alpha value is -2.44. The number of pyridine rings is 1. The standard InChI is InChI=1S/C21H34N6O/c1-5-7-9-15(3)19(28)24-14-21(4,11-8-6-2)27-18-16-10-12-23-13-17(16)25-20(22)26-18/h10,12-13,15H,5-9,11,14H2,1-4H3,(H,24,28)(H3,22,25,26,27)/t15-,21-/m0/s1. The molecule has 0 radical (unpaired) electrons. The van der Waals surface area contributed by atoms with Gasteiger partial charge in [0.25, 0.3) is 0 Å². The second-order valence-corrected chi connectivity index (χ2v) is 7.87. The molecule has 0 fully saturated rings. The topological polar surface area (TPSA) is 106 Å². The Bertz CT molecular complexity index is 781. The third-order valence-electron chi connectivity index (χ3n) is 5.11. The number of rotatable bonds is 11. The molecule has 0 saturated carbocycles. The number of carbonyl (C=O) groups is 1. The number of hydrogen-bond donors (Lipinski definition) is 3. The Morgan fingerprint density at radius 3 is 2.71 bits per heavy atom. The molecule has 0 spiro atoms. The first-order valence-electron chi connectivity index (χ1n) is 10.3. The lowest BCUT2D eigenvalue weighted by Gasteiger charge is -2.32. The highest BCUT2D eigenvalue weighted by atomic mass is 16.1. The normalized spacial score (nSPS) is 14.4. The van der Waals surface area contributed by atoms with E-state index in [1.807, 2.05) is 13.0 Å². The van der Waals surface area contributed by atoms with E-state index in [1.165, 1.54) is 0 Å². The van der Waals surface area contributed by atoms with Crippen LogP contribution in [0.4, 0.5) is 11.8 Å². The molecule has 0 saturated heterocycles. The van der Waals surface area contributed by atoms with Gasteiger partial charge in [-0.1, -0.05) is 46.5 Å². The predicted octanol–water partition coefficient (Wildman–Crippen LogP) is 3.91. The molecule has 0 aliphatic heterocycles. The van der Waals surface area contributed by atoms with Crippen LogP contribution in [0.2, 0.25) is 0 Å². The molecular weight excluding hydrogens is 352 g/mol. The molecule has 7 nitrogen and oxygen atoms in total. The Kier molecular flexibility index (Phi) is 7.96. The molecule has 2 aromatic rings. The van der Waals surface area contributed by atoms with E-state index >= 15 is 0 Å². The van der Waals surface area contributed by atoms with E-state index in [2.05, 4.69) is 46.4 Å². The second kappa shape index (κ2) is 10.2. The highest BCUT2D eigenvalue weighted by molar-refractivity contribution is 5.89. The number of hydrogen-bond acceptors (Lipinski definition) is 6. The molecule has 2 atom stereocenters. The summed E-state index contributed by atoms with van der Waals surface area (Å²) < 4.78 is 0. The molecule has 2 rings (SSSR count). The van der Waals surface area contributed by atoms with E-state index in [-0.39, 0.29) is 23.3 Å². The van der Waals surface area contributed by atoms with Gasteiger partial charge in [0.1, 0.15) is 5.82 Å². The summed E-state index contributed by atoms with van der Waals surface area (Å²) in [4.78, 5) is 25.3. The number of carbonyl (C=O) groups excluding carboxylic acids is 1. The molecule has 0 aromatic carbocycles. The van der Waals surface area contributed by atoms with Gasteiger partial charge in [0, 0.05) is 24.0 Å². The zero-order chi connectivity index (χ0) is 20.6. The maximum absolute atomic E-state index is 12.5. The van der Waals surface area contributed by atoms with Crippen molar-refractivity contribution in [3.05, 3.63) is 18.5 Å². The van der Waals surface area contributed by atoms with Gasteiger partial charge in [-0.25, -0.2) is 4.98 Å². The molecule has 1 amide bonds. The maximum atomic E-state index is 12.5. The lowest BCUT2D eigenvalue weighted by Crippen LogP contribution is -2.47. The number of unbranched alkanes of at least 4 members (excludes halogenated alkanes) is 2. The Morgan fingerprint density at radius 1 is 1.25 bits per heavy atom. The van der Waals surface area contributed by atoms with Crippen LogP contribution < -0.4 is 16.4 Å². The molecule has 0 aliphatic rings. The third kappa shape index (κ3) is 6.04. The van der Waals surface area contributed by atoms with Crippen LogP contribution in [0.5, 0.6) is 0 Å². The molecule has 0 bridgehead atoms. The second-order valence-electron chi connectivity index (χ2n) is 7.87. The summed E-state index contributed by atoms with van der Waals surface area (Å²) in [7, 11) is 0. The summed E-state index contributed by atoms with van der Waals surface area (Å²) in [5.74, 6) is 1.01. The van der Waals surface area contributed by atoms with Crippen molar-refractivity contribution >= 4 is 28.6 Å². The van der Waals surface area contributed by atoms with Crippen molar-refractivity contribution in [1.82, 2.24) is 20.3 Å². The van der Waals surface area contributed by atoms with Crippen LogP contribution >= 0.6 is 0 Å². The quantitative estimate of drug-likeness (QED) is 0.541. The van der Waals surface area contributed by atoms with Gasteiger partial charge >= 0.3 is 0 Å². The summed E-state index contributed by atoms with van der Waals surface area (Å²) in [6.45, 7) is 8.94. The van der Waals surface area contributed by atoms with Crippen LogP contribution in [0.1, 0.15) is 66.2 Å². The highest BCUT2D eigenvalue weighted by Crippen LogP contribution is 2.26. The molecule has 28 heavy (non-hydrogen) atoms. The fourth-order valence-corrected chi connectivity index (χ4v) is 3.24. The van der Waals surface area contributed by atoms with Crippen LogP contribution in [0.3, 0.4) is 0 Å². The van der Waals surface area contributed by atoms with Crippen molar-refractivity contribution in [2.24, 2.45) is 5.92 Å². The summed E-state index contributed by atoms with van der Waals surface area (Å²) >= 11 is 0. The van der Waals surface area contributed by atoms with Crippen molar-refractivity contribution < 1.29 is 4.79 Å². The average molecular weight is 387 g/mol. The van der Waals surface area contributed by atoms with E-state index in [9.17, 15) is 4.79 Å². The van der Waals surface area contributed by atoms with Crippen LogP contribution in [0.25, 0.3) is 10.9 Å². The number of anilines is 2. The molecule has 4 N–H and O–H groups in total. The van der Waals surface area contributed by atoms with Crippen LogP contribution in [-0.2, 0) is 4.79 Å². The number of fused-ring (bicyclic) bond motifs is 1. The van der Waals surface area contributed by atoms with Crippen molar-refractivity contribution in [2.75, 3.05) is 17.6 Å². The number of nitrogens with one attached hydrogen (secondary N) is 2. The largest absolute Gasteiger partial charge is 0.368 e. The van der Waals surface area contributed by atoms with Gasteiger partial charge in [0.15, 0.2) is 0 Å². The highest BCUT2D eigenvalue weighted by Gasteiger charge is 2.27. The Labute approximate surface area is 167 Å². The van der Waals surface area contributed by atoms with Gasteiger partial charge in [-0.05, 0) is 25.8 Å². The molecule has 7 heteroatoms. The van der Waals surface area contributed by atoms with Crippen LogP contribution in [0.15, 0.2) is 18.5 Å². The van der Waals surface area contributed by atoms with E-state index in [0.29, 0.717) is 17.9 Å². The number of nitrogen functional groups attached to an aromatic ring is 1. The lowest BCUT2D eigenvalue weighted by molar-refractivity contribution is -0.124. The van der Waals surface area contributed by atoms with Gasteiger partial charge in [-0.3, -0.25) is 9.78 Å². The van der Waals surface area contributed by atoms with Crippen molar-refractivity contribution in [3.63, 3.8) is 0 Å². The van der Waals surface area contributed by atoms with E-state index in [1.54, 1.807) is 12.4 Å². The molecule has 0 aliphatic carbocycles. The van der Waals surface area contributed by atoms with Crippen LogP contribution in [0, 0.1) is 5.92 Å². The maximum Gasteiger partial charge on any atom is 0.222 e. The minimum atomic E-state index is -0.340. The molecule has 154 valence electrons. The van der Waals surface area contributed by atoms with E-state index in [0.717, 1.165) is 43.9 Å². The predicted molar refractivity (Wildman–Crippen MR) is 115 cm³/mol. The number of aromatic nitrogens is 3. The Balaban J connectivity index is 2.17. The lowest BCUT2D eigenvalue weighted by atomic mass is 9.93. The van der Waals surface area contributed by atoms with Gasteiger partial charge in [-0.15, -0.1) is 0 Å². The molecule has 2 heterocycles. The minimum absolute atomic E-state index is 0.0250. The summed E-state index contributed by atoms with van der Waals surface area (Å²) in [6, 6.07) is 1.88. The first-order valence-corrected chi connectivity index (χ1v) is 10.3. The van der Waals surface area contributed by atoms with Gasteiger partial charge in [0.2, 0.25) is 11.9 Å². The average Bonchev–Trinajstić information content (AvgIpc) is 2.68. The Morgan fingerprint density at radius 2 is 2.00 bits per heavy atom. The van der Waals surface area contributed by atoms with E-state index in [4.69, 9.17) is 5.73 Å². The zero-order valence-electron chi connectivity index (χ0n) is 17.6. The fourth-order valence-electron chi connectivity index (χ4n) is 3.24. The van der Waals surface area contributed by atoms with Crippen molar-refractivity contribution in [2.45, 2.75) is 71.8 Å². The first-order chi connectivity index (χ1) is 13.4. The van der Waals surface area contributed by atoms with Crippen molar-refractivity contribution in [1.29, 1.82) is 0 Å². The molecular formula is C21H34N6O. The number of nitrogens with zero attached hydrogens (tertiary/aromatic N) is 3.